The van der Waals surface area contributed by atoms with Gasteiger partial charge in [-0.3, -0.25) is 9.59 Å². The molecule has 126 valence electrons. The molecule has 1 atom stereocenters. The molecule has 2 amide bonds. The van der Waals surface area contributed by atoms with Crippen molar-refractivity contribution in [3.63, 3.8) is 0 Å². The Morgan fingerprint density at radius 3 is 2.76 bits per heavy atom. The summed E-state index contributed by atoms with van der Waals surface area (Å²) in [6.45, 7) is 2.07. The lowest BCUT2D eigenvalue weighted by molar-refractivity contribution is -0.122. The Bertz CT molecular complexity index is 962. The molecule has 6 heteroatoms. The van der Waals surface area contributed by atoms with Gasteiger partial charge in [-0.05, 0) is 55.3 Å². The van der Waals surface area contributed by atoms with Crippen LogP contribution in [-0.4, -0.2) is 22.8 Å². The Morgan fingerprint density at radius 1 is 1.24 bits per heavy atom. The molecule has 1 aliphatic heterocycles. The van der Waals surface area contributed by atoms with Crippen LogP contribution in [0.1, 0.15) is 18.4 Å². The molecule has 2 aromatic carbocycles. The number of anilines is 1. The molecule has 3 aromatic rings. The average molecular weight is 351 g/mol. The number of hydrogen-bond acceptors (Lipinski definition) is 4. The molecule has 5 nitrogen and oxygen atoms in total. The highest BCUT2D eigenvalue weighted by Gasteiger charge is 2.27. The number of nitrogens with zero attached hydrogens (tertiary/aromatic N) is 1. The molecule has 1 unspecified atom stereocenters. The first kappa shape index (κ1) is 15.8. The third-order valence-electron chi connectivity index (χ3n) is 4.26. The molecule has 1 fully saturated rings. The highest BCUT2D eigenvalue weighted by molar-refractivity contribution is 7.21. The van der Waals surface area contributed by atoms with E-state index in [0.717, 1.165) is 16.1 Å². The van der Waals surface area contributed by atoms with E-state index in [1.165, 1.54) is 10.3 Å². The molecule has 1 aliphatic rings. The van der Waals surface area contributed by atoms with Crippen molar-refractivity contribution in [3.05, 3.63) is 48.0 Å². The van der Waals surface area contributed by atoms with E-state index in [1.54, 1.807) is 11.3 Å². The first-order valence-corrected chi connectivity index (χ1v) is 8.98. The smallest absolute Gasteiger partial charge is 0.246 e. The van der Waals surface area contributed by atoms with Gasteiger partial charge in [-0.15, -0.1) is 11.3 Å². The van der Waals surface area contributed by atoms with E-state index in [1.807, 2.05) is 30.3 Å². The Morgan fingerprint density at radius 2 is 2.04 bits per heavy atom. The number of carbonyl (C=O) groups excluding carboxylic acids is 2. The summed E-state index contributed by atoms with van der Waals surface area (Å²) < 4.78 is 1.17. The number of rotatable bonds is 3. The molecule has 0 radical (unpaired) electrons. The van der Waals surface area contributed by atoms with Crippen molar-refractivity contribution in [1.82, 2.24) is 10.3 Å². The molecule has 0 spiro atoms. The normalized spacial score (nSPS) is 16.8. The molecule has 1 aromatic heterocycles. The van der Waals surface area contributed by atoms with Crippen molar-refractivity contribution in [2.75, 3.05) is 5.32 Å². The average Bonchev–Trinajstić information content (AvgIpc) is 3.21. The second-order valence-corrected chi connectivity index (χ2v) is 7.25. The molecule has 0 aliphatic carbocycles. The summed E-state index contributed by atoms with van der Waals surface area (Å²) in [4.78, 5) is 28.0. The van der Waals surface area contributed by atoms with E-state index in [2.05, 4.69) is 34.7 Å². The summed E-state index contributed by atoms with van der Waals surface area (Å²) in [5.74, 6) is -0.240. The maximum atomic E-state index is 12.1. The zero-order valence-corrected chi connectivity index (χ0v) is 14.5. The molecule has 0 bridgehead atoms. The van der Waals surface area contributed by atoms with Crippen LogP contribution in [0.5, 0.6) is 0 Å². The quantitative estimate of drug-likeness (QED) is 0.759. The number of fused-ring (bicyclic) bond motifs is 1. The number of aryl methyl sites for hydroxylation is 1. The number of thiazole rings is 1. The van der Waals surface area contributed by atoms with E-state index in [-0.39, 0.29) is 11.8 Å². The van der Waals surface area contributed by atoms with Gasteiger partial charge in [-0.1, -0.05) is 6.07 Å². The molecule has 1 saturated heterocycles. The van der Waals surface area contributed by atoms with Gasteiger partial charge in [0.25, 0.3) is 0 Å². The van der Waals surface area contributed by atoms with Gasteiger partial charge in [0.15, 0.2) is 0 Å². The van der Waals surface area contributed by atoms with Crippen LogP contribution < -0.4 is 10.6 Å². The van der Waals surface area contributed by atoms with Gasteiger partial charge in [0.1, 0.15) is 11.0 Å². The molecule has 2 heterocycles. The van der Waals surface area contributed by atoms with Crippen LogP contribution in [0.3, 0.4) is 0 Å². The number of aromatic nitrogens is 1. The monoisotopic (exact) mass is 351 g/mol. The Balaban J connectivity index is 1.51. The first-order valence-electron chi connectivity index (χ1n) is 8.16. The van der Waals surface area contributed by atoms with E-state index in [9.17, 15) is 9.59 Å². The molecule has 4 rings (SSSR count). The van der Waals surface area contributed by atoms with Gasteiger partial charge in [-0.25, -0.2) is 4.98 Å². The van der Waals surface area contributed by atoms with Crippen LogP contribution in [0.4, 0.5) is 5.69 Å². The highest BCUT2D eigenvalue weighted by atomic mass is 32.1. The maximum absolute atomic E-state index is 12.1. The summed E-state index contributed by atoms with van der Waals surface area (Å²) in [5, 5.41) is 6.48. The molecular formula is C19H17N3O2S. The van der Waals surface area contributed by atoms with E-state index < -0.39 is 6.04 Å². The van der Waals surface area contributed by atoms with Crippen molar-refractivity contribution in [2.24, 2.45) is 0 Å². The van der Waals surface area contributed by atoms with Crippen molar-refractivity contribution in [1.29, 1.82) is 0 Å². The topological polar surface area (TPSA) is 71.1 Å². The summed E-state index contributed by atoms with van der Waals surface area (Å²) in [6.07, 6.45) is 0.960. The standard InChI is InChI=1S/C19H17N3O2S/c1-11-2-7-14-16(10-11)25-19(22-14)12-3-5-13(6-4-12)20-18(24)15-8-9-17(23)21-15/h2-7,10,15H,8-9H2,1H3,(H,20,24)(H,21,23). The van der Waals surface area contributed by atoms with Gasteiger partial charge in [0.05, 0.1) is 10.2 Å². The van der Waals surface area contributed by atoms with Crippen LogP contribution >= 0.6 is 11.3 Å². The second kappa shape index (κ2) is 6.29. The lowest BCUT2D eigenvalue weighted by Crippen LogP contribution is -2.37. The van der Waals surface area contributed by atoms with Crippen molar-refractivity contribution < 1.29 is 9.59 Å². The first-order chi connectivity index (χ1) is 12.1. The van der Waals surface area contributed by atoms with Crippen molar-refractivity contribution >= 4 is 39.1 Å². The summed E-state index contributed by atoms with van der Waals surface area (Å²) in [7, 11) is 0. The third kappa shape index (κ3) is 3.25. The lowest BCUT2D eigenvalue weighted by atomic mass is 10.2. The van der Waals surface area contributed by atoms with Gasteiger partial charge in [0, 0.05) is 17.7 Å². The number of carbonyl (C=O) groups is 2. The van der Waals surface area contributed by atoms with Gasteiger partial charge < -0.3 is 10.6 Å². The van der Waals surface area contributed by atoms with E-state index in [4.69, 9.17) is 0 Å². The second-order valence-electron chi connectivity index (χ2n) is 6.22. The minimum absolute atomic E-state index is 0.0680. The maximum Gasteiger partial charge on any atom is 0.246 e. The van der Waals surface area contributed by atoms with Crippen molar-refractivity contribution in [3.8, 4) is 10.6 Å². The van der Waals surface area contributed by atoms with E-state index in [0.29, 0.717) is 18.5 Å². The number of amides is 2. The summed E-state index contributed by atoms with van der Waals surface area (Å²) >= 11 is 1.66. The summed E-state index contributed by atoms with van der Waals surface area (Å²) in [5.41, 5.74) is 3.96. The van der Waals surface area contributed by atoms with Gasteiger partial charge in [0.2, 0.25) is 11.8 Å². The minimum Gasteiger partial charge on any atom is -0.344 e. The van der Waals surface area contributed by atoms with Gasteiger partial charge in [-0.2, -0.15) is 0 Å². The third-order valence-corrected chi connectivity index (χ3v) is 5.32. The molecule has 25 heavy (non-hydrogen) atoms. The van der Waals surface area contributed by atoms with Crippen molar-refractivity contribution in [2.45, 2.75) is 25.8 Å². The zero-order valence-electron chi connectivity index (χ0n) is 13.7. The highest BCUT2D eigenvalue weighted by Crippen LogP contribution is 2.31. The predicted octanol–water partition coefficient (Wildman–Crippen LogP) is 3.49. The molecule has 0 saturated carbocycles. The Labute approximate surface area is 149 Å². The lowest BCUT2D eigenvalue weighted by Gasteiger charge is -2.11. The number of hydrogen-bond donors (Lipinski definition) is 2. The van der Waals surface area contributed by atoms with Crippen LogP contribution in [0.25, 0.3) is 20.8 Å². The molecular weight excluding hydrogens is 334 g/mol. The fraction of sp³-hybridized carbons (Fsp3) is 0.211. The zero-order chi connectivity index (χ0) is 17.4. The predicted molar refractivity (Wildman–Crippen MR) is 99.6 cm³/mol. The van der Waals surface area contributed by atoms with Crippen LogP contribution in [-0.2, 0) is 9.59 Å². The Kier molecular flexibility index (Phi) is 3.97. The SMILES string of the molecule is Cc1ccc2nc(-c3ccc(NC(=O)C4CCC(=O)N4)cc3)sc2c1. The summed E-state index contributed by atoms with van der Waals surface area (Å²) in [6, 6.07) is 13.4. The fourth-order valence-corrected chi connectivity index (χ4v) is 3.96. The Hall–Kier alpha value is -2.73. The van der Waals surface area contributed by atoms with Crippen LogP contribution in [0.2, 0.25) is 0 Å². The van der Waals surface area contributed by atoms with Gasteiger partial charge >= 0.3 is 0 Å². The van der Waals surface area contributed by atoms with E-state index >= 15 is 0 Å². The number of nitrogens with one attached hydrogen (secondary N) is 2. The minimum atomic E-state index is -0.431. The number of benzene rings is 2. The largest absolute Gasteiger partial charge is 0.344 e. The van der Waals surface area contributed by atoms with Crippen LogP contribution in [0, 0.1) is 6.92 Å². The fourth-order valence-electron chi connectivity index (χ4n) is 2.89. The molecule has 2 N–H and O–H groups in total. The van der Waals surface area contributed by atoms with Crippen LogP contribution in [0.15, 0.2) is 42.5 Å².